The number of allylic oxidation sites excluding steroid dienone is 2. The first-order valence-corrected chi connectivity index (χ1v) is 10.1. The lowest BCUT2D eigenvalue weighted by Gasteiger charge is -2.21. The van der Waals surface area contributed by atoms with Crippen LogP contribution in [0.5, 0.6) is 0 Å². The van der Waals surface area contributed by atoms with E-state index in [1.165, 1.54) is 0 Å². The summed E-state index contributed by atoms with van der Waals surface area (Å²) in [6.07, 6.45) is 2.96. The number of carboxylic acids is 1. The molecule has 5 atom stereocenters. The molecule has 1 aliphatic heterocycles. The molecule has 2 aliphatic rings. The second-order valence-corrected chi connectivity index (χ2v) is 7.66. The van der Waals surface area contributed by atoms with Gasteiger partial charge in [0.15, 0.2) is 6.10 Å². The fourth-order valence-electron chi connectivity index (χ4n) is 3.82. The average Bonchev–Trinajstić information content (AvgIpc) is 3.13. The van der Waals surface area contributed by atoms with Gasteiger partial charge >= 0.3 is 11.9 Å². The highest BCUT2D eigenvalue weighted by atomic mass is 19.3. The van der Waals surface area contributed by atoms with E-state index in [1.54, 1.807) is 6.08 Å². The van der Waals surface area contributed by atoms with Gasteiger partial charge in [-0.3, -0.25) is 4.79 Å². The van der Waals surface area contributed by atoms with E-state index in [4.69, 9.17) is 9.84 Å². The fourth-order valence-corrected chi connectivity index (χ4v) is 3.82. The third-order valence-corrected chi connectivity index (χ3v) is 5.39. The molecule has 1 saturated carbocycles. The van der Waals surface area contributed by atoms with Crippen LogP contribution in [0.3, 0.4) is 0 Å². The zero-order chi connectivity index (χ0) is 20.7. The minimum atomic E-state index is -3.41. The Morgan fingerprint density at radius 1 is 1.36 bits per heavy atom. The van der Waals surface area contributed by atoms with Gasteiger partial charge < -0.3 is 20.1 Å². The van der Waals surface area contributed by atoms with Crippen LogP contribution in [0.25, 0.3) is 0 Å². The lowest BCUT2D eigenvalue weighted by atomic mass is 9.91. The van der Waals surface area contributed by atoms with Crippen LogP contribution in [-0.2, 0) is 9.53 Å². The lowest BCUT2D eigenvalue weighted by molar-refractivity contribution is -0.149. The number of unbranched alkanes of at least 4 members (excludes halogenated alkanes) is 4. The lowest BCUT2D eigenvalue weighted by Crippen LogP contribution is -2.39. The highest BCUT2D eigenvalue weighted by Gasteiger charge is 2.66. The number of hydrogen-bond acceptors (Lipinski definition) is 4. The van der Waals surface area contributed by atoms with Crippen molar-refractivity contribution in [3.63, 3.8) is 0 Å². The summed E-state index contributed by atoms with van der Waals surface area (Å²) in [6, 6.07) is 0. The molecule has 0 aromatic rings. The van der Waals surface area contributed by atoms with Gasteiger partial charge in [0.05, 0.1) is 11.7 Å². The smallest absolute Gasteiger partial charge is 0.310 e. The van der Waals surface area contributed by atoms with Crippen molar-refractivity contribution in [1.29, 1.82) is 0 Å². The normalized spacial score (nSPS) is 30.4. The molecule has 158 valence electrons. The van der Waals surface area contributed by atoms with Crippen molar-refractivity contribution >= 4 is 5.97 Å². The molecule has 0 aromatic carbocycles. The standard InChI is InChI=1S/C21H30F2O5/c1-2-3-4-5-8-14(24)11-12-16-17-13-15(9-6-7-10-18(25)26)28-20(17)21(22,23)19(16)27/h9,14,16-17,19-20,24,27H,2-8,10,13H2,1H3,(H,25,26)/b15-9-/t14-,16+,17+,19-,20?/m0/s1. The number of halogens is 2. The first-order valence-electron chi connectivity index (χ1n) is 10.1. The zero-order valence-electron chi connectivity index (χ0n) is 16.2. The number of fused-ring (bicyclic) bond motifs is 1. The molecule has 5 nitrogen and oxygen atoms in total. The molecule has 2 rings (SSSR count). The molecule has 7 heteroatoms. The molecular formula is C21H30F2O5. The van der Waals surface area contributed by atoms with E-state index >= 15 is 0 Å². The van der Waals surface area contributed by atoms with Crippen molar-refractivity contribution in [2.45, 2.75) is 88.9 Å². The quantitative estimate of drug-likeness (QED) is 0.407. The number of carbonyl (C=O) groups is 1. The average molecular weight is 400 g/mol. The predicted molar refractivity (Wildman–Crippen MR) is 99.5 cm³/mol. The van der Waals surface area contributed by atoms with Crippen LogP contribution in [0.1, 0.15) is 64.7 Å². The molecule has 1 saturated heterocycles. The Morgan fingerprint density at radius 2 is 2.11 bits per heavy atom. The van der Waals surface area contributed by atoms with Gasteiger partial charge in [0, 0.05) is 18.8 Å². The first-order chi connectivity index (χ1) is 13.3. The largest absolute Gasteiger partial charge is 0.488 e. The van der Waals surface area contributed by atoms with E-state index in [-0.39, 0.29) is 12.8 Å². The van der Waals surface area contributed by atoms with Crippen molar-refractivity contribution < 1.29 is 33.6 Å². The second-order valence-electron chi connectivity index (χ2n) is 7.66. The monoisotopic (exact) mass is 400 g/mol. The number of ether oxygens (including phenoxy) is 1. The number of carboxylic acid groups (broad SMARTS) is 1. The van der Waals surface area contributed by atoms with Crippen LogP contribution in [0, 0.1) is 23.7 Å². The summed E-state index contributed by atoms with van der Waals surface area (Å²) in [4.78, 5) is 10.5. The highest BCUT2D eigenvalue weighted by Crippen LogP contribution is 2.52. The summed E-state index contributed by atoms with van der Waals surface area (Å²) < 4.78 is 34.2. The molecule has 28 heavy (non-hydrogen) atoms. The Balaban J connectivity index is 1.97. The topological polar surface area (TPSA) is 87.0 Å². The van der Waals surface area contributed by atoms with E-state index in [0.717, 1.165) is 25.7 Å². The zero-order valence-corrected chi connectivity index (χ0v) is 16.2. The molecule has 1 unspecified atom stereocenters. The third kappa shape index (κ3) is 5.68. The Hall–Kier alpha value is -1.65. The minimum absolute atomic E-state index is 0.00968. The molecule has 0 bridgehead atoms. The fraction of sp³-hybridized carbons (Fsp3) is 0.762. The maximum atomic E-state index is 14.4. The molecule has 0 aromatic heterocycles. The van der Waals surface area contributed by atoms with E-state index in [1.807, 2.05) is 0 Å². The Labute approximate surface area is 164 Å². The summed E-state index contributed by atoms with van der Waals surface area (Å²) in [5.41, 5.74) is 0. The van der Waals surface area contributed by atoms with E-state index in [9.17, 15) is 23.8 Å². The van der Waals surface area contributed by atoms with Gasteiger partial charge in [0.1, 0.15) is 12.2 Å². The maximum Gasteiger partial charge on any atom is 0.310 e. The van der Waals surface area contributed by atoms with E-state index in [2.05, 4.69) is 18.8 Å². The van der Waals surface area contributed by atoms with Crippen LogP contribution in [0.4, 0.5) is 8.78 Å². The van der Waals surface area contributed by atoms with Gasteiger partial charge in [0.2, 0.25) is 0 Å². The van der Waals surface area contributed by atoms with Gasteiger partial charge in [-0.1, -0.05) is 38.0 Å². The van der Waals surface area contributed by atoms with Crippen LogP contribution < -0.4 is 0 Å². The second kappa shape index (κ2) is 10.2. The van der Waals surface area contributed by atoms with Gasteiger partial charge in [-0.15, -0.1) is 0 Å². The third-order valence-electron chi connectivity index (χ3n) is 5.39. The minimum Gasteiger partial charge on any atom is -0.488 e. The SMILES string of the molecule is CCCCCC[C@H](O)C#C[C@@H]1[C@H]2C/C(=C/CCCC(=O)O)OC2C(F)(F)[C@H]1O. The summed E-state index contributed by atoms with van der Waals surface area (Å²) in [5, 5.41) is 28.7. The maximum absolute atomic E-state index is 14.4. The van der Waals surface area contributed by atoms with Crippen LogP contribution >= 0.6 is 0 Å². The van der Waals surface area contributed by atoms with Crippen molar-refractivity contribution in [1.82, 2.24) is 0 Å². The summed E-state index contributed by atoms with van der Waals surface area (Å²) in [5.74, 6) is -0.195. The predicted octanol–water partition coefficient (Wildman–Crippen LogP) is 3.49. The van der Waals surface area contributed by atoms with Gasteiger partial charge in [0.25, 0.3) is 0 Å². The van der Waals surface area contributed by atoms with Crippen LogP contribution in [0.15, 0.2) is 11.8 Å². The molecule has 0 amide bonds. The number of alkyl halides is 2. The van der Waals surface area contributed by atoms with Gasteiger partial charge in [-0.25, -0.2) is 0 Å². The molecule has 3 N–H and O–H groups in total. The highest BCUT2D eigenvalue weighted by molar-refractivity contribution is 5.66. The summed E-state index contributed by atoms with van der Waals surface area (Å²) in [7, 11) is 0. The van der Waals surface area contributed by atoms with Crippen LogP contribution in [-0.4, -0.2) is 45.5 Å². The Bertz CT molecular complexity index is 622. The number of aliphatic hydroxyl groups excluding tert-OH is 2. The van der Waals surface area contributed by atoms with Gasteiger partial charge in [-0.05, 0) is 31.8 Å². The molecule has 0 radical (unpaired) electrons. The molecular weight excluding hydrogens is 370 g/mol. The molecule has 2 fully saturated rings. The van der Waals surface area contributed by atoms with Crippen LogP contribution in [0.2, 0.25) is 0 Å². The van der Waals surface area contributed by atoms with E-state index in [0.29, 0.717) is 25.0 Å². The number of aliphatic carboxylic acids is 1. The molecule has 1 aliphatic carbocycles. The van der Waals surface area contributed by atoms with Crippen molar-refractivity contribution in [3.8, 4) is 11.8 Å². The van der Waals surface area contributed by atoms with Crippen molar-refractivity contribution in [2.24, 2.45) is 11.8 Å². The van der Waals surface area contributed by atoms with Gasteiger partial charge in [-0.2, -0.15) is 8.78 Å². The Morgan fingerprint density at radius 3 is 2.79 bits per heavy atom. The first kappa shape index (κ1) is 22.6. The number of aliphatic hydroxyl groups is 2. The number of hydrogen-bond donors (Lipinski definition) is 3. The van der Waals surface area contributed by atoms with E-state index < -0.39 is 42.0 Å². The molecule has 0 spiro atoms. The Kier molecular flexibility index (Phi) is 8.26. The van der Waals surface area contributed by atoms with Crippen molar-refractivity contribution in [2.75, 3.05) is 0 Å². The molecule has 1 heterocycles. The summed E-state index contributed by atoms with van der Waals surface area (Å²) in [6.45, 7) is 2.09. The van der Waals surface area contributed by atoms with Crippen molar-refractivity contribution in [3.05, 3.63) is 11.8 Å². The summed E-state index contributed by atoms with van der Waals surface area (Å²) >= 11 is 0. The number of rotatable bonds is 9.